The summed E-state index contributed by atoms with van der Waals surface area (Å²) in [6.07, 6.45) is 5.06. The van der Waals surface area contributed by atoms with Crippen LogP contribution < -0.4 is 4.72 Å². The first-order valence-electron chi connectivity index (χ1n) is 7.16. The quantitative estimate of drug-likeness (QED) is 0.748. The molecule has 1 aromatic carbocycles. The van der Waals surface area contributed by atoms with Crippen LogP contribution in [0.4, 0.5) is 0 Å². The molecule has 112 valence electrons. The van der Waals surface area contributed by atoms with Gasteiger partial charge in [-0.3, -0.25) is 0 Å². The monoisotopic (exact) mass is 315 g/mol. The molecule has 1 fully saturated rings. The fraction of sp³-hybridized carbons (Fsp3) is 0.600. The molecule has 0 heterocycles. The number of sulfonamides is 1. The van der Waals surface area contributed by atoms with Gasteiger partial charge in [0.1, 0.15) is 0 Å². The van der Waals surface area contributed by atoms with Crippen LogP contribution in [0.15, 0.2) is 29.2 Å². The van der Waals surface area contributed by atoms with Crippen LogP contribution in [0.3, 0.4) is 0 Å². The lowest BCUT2D eigenvalue weighted by molar-refractivity contribution is 0.478. The highest BCUT2D eigenvalue weighted by Gasteiger charge is 2.42. The predicted octanol–water partition coefficient (Wildman–Crippen LogP) is 3.33. The number of hydrogen-bond donors (Lipinski definition) is 1. The zero-order chi connectivity index (χ0) is 14.6. The highest BCUT2D eigenvalue weighted by molar-refractivity contribution is 7.89. The molecule has 0 spiro atoms. The average molecular weight is 316 g/mol. The second kappa shape index (κ2) is 6.46. The molecule has 3 nitrogen and oxygen atoms in total. The zero-order valence-electron chi connectivity index (χ0n) is 11.9. The van der Waals surface area contributed by atoms with Gasteiger partial charge < -0.3 is 0 Å². The third-order valence-corrected chi connectivity index (χ3v) is 5.60. The van der Waals surface area contributed by atoms with E-state index in [1.807, 2.05) is 12.1 Å². The summed E-state index contributed by atoms with van der Waals surface area (Å²) in [4.78, 5) is 0.346. The SMILES string of the molecule is CCCc1ccc(S(=O)(=O)NCC2(CCCl)CC2)cc1. The number of halogens is 1. The van der Waals surface area contributed by atoms with Crippen molar-refractivity contribution in [1.29, 1.82) is 0 Å². The second-order valence-corrected chi connectivity index (χ2v) is 7.80. The molecule has 1 N–H and O–H groups in total. The van der Waals surface area contributed by atoms with Gasteiger partial charge in [0.25, 0.3) is 0 Å². The van der Waals surface area contributed by atoms with Crippen LogP contribution in [0, 0.1) is 5.41 Å². The Labute approximate surface area is 126 Å². The maximum Gasteiger partial charge on any atom is 0.240 e. The number of hydrogen-bond acceptors (Lipinski definition) is 2. The summed E-state index contributed by atoms with van der Waals surface area (Å²) in [5, 5.41) is 0. The number of aryl methyl sites for hydroxylation is 1. The molecule has 0 saturated heterocycles. The van der Waals surface area contributed by atoms with Crippen molar-refractivity contribution in [2.24, 2.45) is 5.41 Å². The van der Waals surface area contributed by atoms with E-state index in [0.29, 0.717) is 17.3 Å². The van der Waals surface area contributed by atoms with Crippen molar-refractivity contribution in [3.63, 3.8) is 0 Å². The van der Waals surface area contributed by atoms with E-state index in [4.69, 9.17) is 11.6 Å². The van der Waals surface area contributed by atoms with Crippen molar-refractivity contribution >= 4 is 21.6 Å². The molecule has 20 heavy (non-hydrogen) atoms. The molecule has 1 aromatic rings. The Morgan fingerprint density at radius 1 is 1.25 bits per heavy atom. The van der Waals surface area contributed by atoms with Gasteiger partial charge in [0.2, 0.25) is 10.0 Å². The molecule has 0 amide bonds. The zero-order valence-corrected chi connectivity index (χ0v) is 13.4. The lowest BCUT2D eigenvalue weighted by Crippen LogP contribution is -2.30. The fourth-order valence-electron chi connectivity index (χ4n) is 2.35. The summed E-state index contributed by atoms with van der Waals surface area (Å²) < 4.78 is 27.2. The van der Waals surface area contributed by atoms with Crippen LogP contribution >= 0.6 is 11.6 Å². The van der Waals surface area contributed by atoms with Crippen LogP contribution in [-0.4, -0.2) is 20.8 Å². The molecule has 0 radical (unpaired) electrons. The summed E-state index contributed by atoms with van der Waals surface area (Å²) in [6, 6.07) is 7.16. The van der Waals surface area contributed by atoms with E-state index >= 15 is 0 Å². The van der Waals surface area contributed by atoms with Crippen molar-refractivity contribution in [3.8, 4) is 0 Å². The Hall–Kier alpha value is -0.580. The summed E-state index contributed by atoms with van der Waals surface area (Å²) in [6.45, 7) is 2.61. The Morgan fingerprint density at radius 3 is 2.40 bits per heavy atom. The van der Waals surface area contributed by atoms with Crippen molar-refractivity contribution < 1.29 is 8.42 Å². The van der Waals surface area contributed by atoms with E-state index in [-0.39, 0.29) is 5.41 Å². The smallest absolute Gasteiger partial charge is 0.211 e. The molecular weight excluding hydrogens is 294 g/mol. The van der Waals surface area contributed by atoms with Gasteiger partial charge in [0.15, 0.2) is 0 Å². The second-order valence-electron chi connectivity index (χ2n) is 5.66. The molecule has 1 saturated carbocycles. The summed E-state index contributed by atoms with van der Waals surface area (Å²) >= 11 is 5.76. The first-order valence-corrected chi connectivity index (χ1v) is 9.18. The Morgan fingerprint density at radius 2 is 1.90 bits per heavy atom. The molecule has 0 aliphatic heterocycles. The Kier molecular flexibility index (Phi) is 5.10. The van der Waals surface area contributed by atoms with E-state index < -0.39 is 10.0 Å². The molecule has 1 aliphatic rings. The van der Waals surface area contributed by atoms with Gasteiger partial charge in [-0.05, 0) is 48.8 Å². The Balaban J connectivity index is 1.99. The number of benzene rings is 1. The van der Waals surface area contributed by atoms with Gasteiger partial charge in [-0.15, -0.1) is 11.6 Å². The van der Waals surface area contributed by atoms with E-state index in [0.717, 1.165) is 32.1 Å². The normalized spacial score (nSPS) is 17.1. The van der Waals surface area contributed by atoms with E-state index in [1.54, 1.807) is 12.1 Å². The highest BCUT2D eigenvalue weighted by atomic mass is 35.5. The summed E-state index contributed by atoms with van der Waals surface area (Å²) in [7, 11) is -3.40. The molecule has 0 unspecified atom stereocenters. The minimum Gasteiger partial charge on any atom is -0.211 e. The van der Waals surface area contributed by atoms with Crippen molar-refractivity contribution in [1.82, 2.24) is 4.72 Å². The predicted molar refractivity (Wildman–Crippen MR) is 82.6 cm³/mol. The molecule has 0 bridgehead atoms. The lowest BCUT2D eigenvalue weighted by atomic mass is 10.1. The van der Waals surface area contributed by atoms with E-state index in [2.05, 4.69) is 11.6 Å². The molecule has 5 heteroatoms. The molecule has 2 rings (SSSR count). The van der Waals surface area contributed by atoms with Crippen molar-refractivity contribution in [2.45, 2.75) is 43.9 Å². The topological polar surface area (TPSA) is 46.2 Å². The Bertz CT molecular complexity index is 535. The van der Waals surface area contributed by atoms with Crippen LogP contribution in [0.2, 0.25) is 0 Å². The summed E-state index contributed by atoms with van der Waals surface area (Å²) in [5.74, 6) is 0.591. The molecule has 1 aliphatic carbocycles. The third-order valence-electron chi connectivity index (χ3n) is 3.99. The van der Waals surface area contributed by atoms with Gasteiger partial charge in [-0.2, -0.15) is 0 Å². The maximum absolute atomic E-state index is 12.2. The van der Waals surface area contributed by atoms with E-state index in [9.17, 15) is 8.42 Å². The molecule has 0 aromatic heterocycles. The van der Waals surface area contributed by atoms with Crippen molar-refractivity contribution in [3.05, 3.63) is 29.8 Å². The fourth-order valence-corrected chi connectivity index (χ4v) is 3.91. The molecular formula is C15H22ClNO2S. The van der Waals surface area contributed by atoms with Gasteiger partial charge >= 0.3 is 0 Å². The van der Waals surface area contributed by atoms with Gasteiger partial charge in [-0.1, -0.05) is 25.5 Å². The van der Waals surface area contributed by atoms with Crippen LogP contribution in [0.25, 0.3) is 0 Å². The standard InChI is InChI=1S/C15H22ClNO2S/c1-2-3-13-4-6-14(7-5-13)20(18,19)17-12-15(8-9-15)10-11-16/h4-7,17H,2-3,8-12H2,1H3. The third kappa shape index (κ3) is 3.96. The van der Waals surface area contributed by atoms with Gasteiger partial charge in [0, 0.05) is 12.4 Å². The molecule has 0 atom stereocenters. The van der Waals surface area contributed by atoms with Gasteiger partial charge in [0.05, 0.1) is 4.90 Å². The first kappa shape index (κ1) is 15.8. The average Bonchev–Trinajstić information content (AvgIpc) is 3.19. The number of rotatable bonds is 8. The van der Waals surface area contributed by atoms with Crippen molar-refractivity contribution in [2.75, 3.05) is 12.4 Å². The van der Waals surface area contributed by atoms with Crippen LogP contribution in [0.1, 0.15) is 38.2 Å². The highest BCUT2D eigenvalue weighted by Crippen LogP contribution is 2.48. The van der Waals surface area contributed by atoms with E-state index in [1.165, 1.54) is 5.56 Å². The number of alkyl halides is 1. The minimum atomic E-state index is -3.40. The first-order chi connectivity index (χ1) is 9.51. The lowest BCUT2D eigenvalue weighted by Gasteiger charge is -2.14. The van der Waals surface area contributed by atoms with Crippen LogP contribution in [-0.2, 0) is 16.4 Å². The summed E-state index contributed by atoms with van der Waals surface area (Å²) in [5.41, 5.74) is 1.28. The number of nitrogens with one attached hydrogen (secondary N) is 1. The largest absolute Gasteiger partial charge is 0.240 e. The minimum absolute atomic E-state index is 0.108. The van der Waals surface area contributed by atoms with Crippen LogP contribution in [0.5, 0.6) is 0 Å². The van der Waals surface area contributed by atoms with Gasteiger partial charge in [-0.25, -0.2) is 13.1 Å². The maximum atomic E-state index is 12.2.